The summed E-state index contributed by atoms with van der Waals surface area (Å²) in [6, 6.07) is 10.0. The van der Waals surface area contributed by atoms with Crippen LogP contribution in [0.2, 0.25) is 0 Å². The minimum Gasteiger partial charge on any atom is -0.340 e. The molecule has 0 N–H and O–H groups in total. The molecule has 4 nitrogen and oxygen atoms in total. The monoisotopic (exact) mass is 348 g/mol. The molecule has 2 amide bonds. The Labute approximate surface area is 144 Å². The molecule has 1 aliphatic heterocycles. The first kappa shape index (κ1) is 16.3. The van der Waals surface area contributed by atoms with Crippen LogP contribution in [-0.2, 0) is 4.79 Å². The van der Waals surface area contributed by atoms with Gasteiger partial charge in [0, 0.05) is 30.9 Å². The first-order chi connectivity index (χ1) is 11.2. The van der Waals surface area contributed by atoms with E-state index in [2.05, 4.69) is 0 Å². The molecule has 0 bridgehead atoms. The number of carbonyl (C=O) groups excluding carboxylic acids is 2. The summed E-state index contributed by atoms with van der Waals surface area (Å²) in [6.07, 6.45) is 2.78. The van der Waals surface area contributed by atoms with E-state index in [0.29, 0.717) is 18.8 Å². The van der Waals surface area contributed by atoms with Crippen molar-refractivity contribution in [3.63, 3.8) is 0 Å². The van der Waals surface area contributed by atoms with Crippen LogP contribution in [0.25, 0.3) is 10.1 Å². The van der Waals surface area contributed by atoms with E-state index in [1.165, 1.54) is 0 Å². The first-order valence-corrected chi connectivity index (χ1v) is 9.94. The van der Waals surface area contributed by atoms with E-state index in [1.807, 2.05) is 46.4 Å². The highest BCUT2D eigenvalue weighted by Crippen LogP contribution is 2.26. The zero-order chi connectivity index (χ0) is 16.2. The van der Waals surface area contributed by atoms with Gasteiger partial charge in [0.2, 0.25) is 5.91 Å². The molecule has 1 fully saturated rings. The van der Waals surface area contributed by atoms with Gasteiger partial charge in [0.05, 0.1) is 10.6 Å². The third-order valence-electron chi connectivity index (χ3n) is 4.04. The van der Waals surface area contributed by atoms with Crippen molar-refractivity contribution in [3.8, 4) is 0 Å². The van der Waals surface area contributed by atoms with Gasteiger partial charge in [-0.1, -0.05) is 18.2 Å². The van der Waals surface area contributed by atoms with Gasteiger partial charge in [-0.05, 0) is 30.2 Å². The van der Waals surface area contributed by atoms with Crippen molar-refractivity contribution in [2.24, 2.45) is 0 Å². The Morgan fingerprint density at radius 1 is 1.13 bits per heavy atom. The number of hydrogen-bond donors (Lipinski definition) is 0. The van der Waals surface area contributed by atoms with Crippen molar-refractivity contribution in [1.29, 1.82) is 0 Å². The Hall–Kier alpha value is -1.53. The van der Waals surface area contributed by atoms with E-state index in [9.17, 15) is 9.59 Å². The lowest BCUT2D eigenvalue weighted by Gasteiger charge is -2.21. The maximum Gasteiger partial charge on any atom is 0.264 e. The Morgan fingerprint density at radius 2 is 1.87 bits per heavy atom. The van der Waals surface area contributed by atoms with Gasteiger partial charge in [0.25, 0.3) is 5.91 Å². The predicted octanol–water partition coefficient (Wildman–Crippen LogP) is 2.94. The molecular weight excluding hydrogens is 328 g/mol. The van der Waals surface area contributed by atoms with Crippen LogP contribution in [0.3, 0.4) is 0 Å². The summed E-state index contributed by atoms with van der Waals surface area (Å²) in [4.78, 5) is 29.3. The second-order valence-electron chi connectivity index (χ2n) is 5.61. The third-order valence-corrected chi connectivity index (χ3v) is 5.68. The molecule has 0 saturated carbocycles. The number of benzene rings is 1. The van der Waals surface area contributed by atoms with Crippen LogP contribution >= 0.6 is 23.1 Å². The molecule has 6 heteroatoms. The zero-order valence-corrected chi connectivity index (χ0v) is 14.8. The second kappa shape index (κ2) is 7.36. The van der Waals surface area contributed by atoms with Crippen LogP contribution in [0.1, 0.15) is 16.1 Å². The van der Waals surface area contributed by atoms with Crippen LogP contribution in [0.4, 0.5) is 0 Å². The molecule has 0 radical (unpaired) electrons. The number of carbonyl (C=O) groups is 2. The number of thioether (sulfide) groups is 1. The van der Waals surface area contributed by atoms with E-state index >= 15 is 0 Å². The minimum absolute atomic E-state index is 0.0883. The zero-order valence-electron chi connectivity index (χ0n) is 13.2. The van der Waals surface area contributed by atoms with Crippen molar-refractivity contribution in [2.75, 3.05) is 38.2 Å². The van der Waals surface area contributed by atoms with Gasteiger partial charge >= 0.3 is 0 Å². The Bertz CT molecular complexity index is 680. The highest BCUT2D eigenvalue weighted by molar-refractivity contribution is 7.99. The summed E-state index contributed by atoms with van der Waals surface area (Å²) in [7, 11) is 0. The van der Waals surface area contributed by atoms with Crippen molar-refractivity contribution in [2.45, 2.75) is 6.42 Å². The number of nitrogens with zero attached hydrogens (tertiary/aromatic N) is 2. The average molecular weight is 348 g/mol. The molecule has 122 valence electrons. The van der Waals surface area contributed by atoms with Crippen LogP contribution in [0, 0.1) is 0 Å². The summed E-state index contributed by atoms with van der Waals surface area (Å²) in [5.74, 6) is 0.781. The minimum atomic E-state index is 0.0883. The van der Waals surface area contributed by atoms with Crippen molar-refractivity contribution < 1.29 is 9.59 Å². The lowest BCUT2D eigenvalue weighted by atomic mass is 10.2. The van der Waals surface area contributed by atoms with Gasteiger partial charge in [-0.3, -0.25) is 9.59 Å². The third kappa shape index (κ3) is 3.70. The Kier molecular flexibility index (Phi) is 5.23. The van der Waals surface area contributed by atoms with E-state index in [1.54, 1.807) is 23.1 Å². The number of amides is 2. The topological polar surface area (TPSA) is 40.6 Å². The molecule has 1 saturated heterocycles. The van der Waals surface area contributed by atoms with Gasteiger partial charge in [-0.15, -0.1) is 11.3 Å². The molecule has 0 atom stereocenters. The van der Waals surface area contributed by atoms with Crippen LogP contribution in [0.15, 0.2) is 30.3 Å². The van der Waals surface area contributed by atoms with Crippen LogP contribution in [0.5, 0.6) is 0 Å². The number of hydrogen-bond acceptors (Lipinski definition) is 4. The number of fused-ring (bicyclic) bond motifs is 1. The molecule has 2 heterocycles. The highest BCUT2D eigenvalue weighted by atomic mass is 32.2. The van der Waals surface area contributed by atoms with E-state index in [4.69, 9.17) is 0 Å². The summed E-state index contributed by atoms with van der Waals surface area (Å²) in [5, 5.41) is 1.12. The molecule has 1 aliphatic rings. The molecule has 0 unspecified atom stereocenters. The molecule has 3 rings (SSSR count). The highest BCUT2D eigenvalue weighted by Gasteiger charge is 2.23. The van der Waals surface area contributed by atoms with Crippen LogP contribution < -0.4 is 0 Å². The van der Waals surface area contributed by atoms with Crippen molar-refractivity contribution in [1.82, 2.24) is 9.80 Å². The maximum absolute atomic E-state index is 12.8. The van der Waals surface area contributed by atoms with Gasteiger partial charge < -0.3 is 9.80 Å². The fourth-order valence-corrected chi connectivity index (χ4v) is 4.29. The fraction of sp³-hybridized carbons (Fsp3) is 0.412. The van der Waals surface area contributed by atoms with Crippen molar-refractivity contribution >= 4 is 45.0 Å². The summed E-state index contributed by atoms with van der Waals surface area (Å²) >= 11 is 3.09. The van der Waals surface area contributed by atoms with E-state index < -0.39 is 0 Å². The number of rotatable bonds is 3. The standard InChI is InChI=1S/C17H20N2O2S2/c1-22-12-16(20)18-7-4-8-19(10-9-18)17(21)15-11-13-5-2-3-6-14(13)23-15/h2-3,5-6,11H,4,7-10,12H2,1H3. The quantitative estimate of drug-likeness (QED) is 0.856. The molecular formula is C17H20N2O2S2. The predicted molar refractivity (Wildman–Crippen MR) is 97.3 cm³/mol. The molecule has 23 heavy (non-hydrogen) atoms. The molecule has 0 spiro atoms. The Balaban J connectivity index is 1.69. The number of thiophene rings is 1. The van der Waals surface area contributed by atoms with E-state index in [-0.39, 0.29) is 11.8 Å². The normalized spacial score (nSPS) is 15.7. The van der Waals surface area contributed by atoms with Gasteiger partial charge in [0.1, 0.15) is 0 Å². The van der Waals surface area contributed by atoms with Gasteiger partial charge in [0.15, 0.2) is 0 Å². The van der Waals surface area contributed by atoms with Gasteiger partial charge in [-0.2, -0.15) is 11.8 Å². The Morgan fingerprint density at radius 3 is 2.65 bits per heavy atom. The molecule has 1 aromatic heterocycles. The average Bonchev–Trinajstić information content (AvgIpc) is 2.83. The molecule has 2 aromatic rings. The molecule has 0 aliphatic carbocycles. The van der Waals surface area contributed by atoms with Crippen molar-refractivity contribution in [3.05, 3.63) is 35.2 Å². The van der Waals surface area contributed by atoms with Crippen LogP contribution in [-0.4, -0.2) is 59.8 Å². The van der Waals surface area contributed by atoms with E-state index in [0.717, 1.165) is 34.5 Å². The lowest BCUT2D eigenvalue weighted by molar-refractivity contribution is -0.128. The first-order valence-electron chi connectivity index (χ1n) is 7.73. The molecule has 1 aromatic carbocycles. The smallest absolute Gasteiger partial charge is 0.264 e. The fourth-order valence-electron chi connectivity index (χ4n) is 2.83. The second-order valence-corrected chi connectivity index (χ2v) is 7.56. The summed E-state index contributed by atoms with van der Waals surface area (Å²) in [5.41, 5.74) is 0. The summed E-state index contributed by atoms with van der Waals surface area (Å²) in [6.45, 7) is 2.72. The summed E-state index contributed by atoms with van der Waals surface area (Å²) < 4.78 is 1.14. The SMILES string of the molecule is CSCC(=O)N1CCCN(C(=O)c2cc3ccccc3s2)CC1. The largest absolute Gasteiger partial charge is 0.340 e. The lowest BCUT2D eigenvalue weighted by Crippen LogP contribution is -2.37. The van der Waals surface area contributed by atoms with Gasteiger partial charge in [-0.25, -0.2) is 0 Å². The maximum atomic E-state index is 12.8.